The van der Waals surface area contributed by atoms with E-state index in [1.165, 1.54) is 33.5 Å². The minimum absolute atomic E-state index is 0.00862. The number of carbonyl (C=O) groups is 2. The topological polar surface area (TPSA) is 148 Å². The van der Waals surface area contributed by atoms with Crippen LogP contribution in [0.5, 0.6) is 28.7 Å². The zero-order valence-electron chi connectivity index (χ0n) is 22.9. The number of ether oxygens (including phenoxy) is 6. The first-order chi connectivity index (χ1) is 20.2. The van der Waals surface area contributed by atoms with Gasteiger partial charge in [0.15, 0.2) is 23.0 Å². The van der Waals surface area contributed by atoms with Crippen LogP contribution in [0.25, 0.3) is 0 Å². The normalized spacial score (nSPS) is 21.9. The number of carbonyl (C=O) groups excluding carboxylic acids is 2. The van der Waals surface area contributed by atoms with Crippen molar-refractivity contribution in [3.05, 3.63) is 71.3 Å². The molecule has 0 radical (unpaired) electrons. The minimum atomic E-state index is -4.15. The number of benzene rings is 3. The van der Waals surface area contributed by atoms with Crippen LogP contribution in [0.4, 0.5) is 4.79 Å². The third kappa shape index (κ3) is 4.59. The number of rotatable bonds is 7. The monoisotopic (exact) mass is 596 g/mol. The molecule has 1 saturated heterocycles. The molecule has 6 rings (SSSR count). The first kappa shape index (κ1) is 27.5. The largest absolute Gasteiger partial charge is 0.493 e. The molecule has 0 saturated carbocycles. The van der Waals surface area contributed by atoms with Crippen molar-refractivity contribution in [2.24, 2.45) is 11.8 Å². The highest BCUT2D eigenvalue weighted by atomic mass is 32.2. The maximum absolute atomic E-state index is 13.3. The molecule has 12 nitrogen and oxygen atoms in total. The maximum Gasteiger partial charge on any atom is 0.329 e. The Morgan fingerprint density at radius 1 is 0.881 bits per heavy atom. The van der Waals surface area contributed by atoms with Crippen LogP contribution < -0.4 is 33.7 Å². The highest BCUT2D eigenvalue weighted by molar-refractivity contribution is 7.90. The summed E-state index contributed by atoms with van der Waals surface area (Å²) in [5.41, 5.74) is 1.99. The molecular formula is C29H28N2O10S. The van der Waals surface area contributed by atoms with Crippen LogP contribution in [0.2, 0.25) is 0 Å². The Hall–Kier alpha value is -4.65. The van der Waals surface area contributed by atoms with Gasteiger partial charge in [-0.25, -0.2) is 17.9 Å². The summed E-state index contributed by atoms with van der Waals surface area (Å²) in [7, 11) is 0.355. The smallest absolute Gasteiger partial charge is 0.329 e. The van der Waals surface area contributed by atoms with Gasteiger partial charge in [0.05, 0.1) is 44.8 Å². The molecule has 1 fully saturated rings. The Kier molecular flexibility index (Phi) is 6.97. The third-order valence-corrected chi connectivity index (χ3v) is 9.15. The predicted molar refractivity (Wildman–Crippen MR) is 146 cm³/mol. The lowest BCUT2D eigenvalue weighted by molar-refractivity contribution is -0.141. The van der Waals surface area contributed by atoms with Gasteiger partial charge < -0.3 is 33.7 Å². The molecule has 13 heteroatoms. The molecule has 2 aliphatic heterocycles. The quantitative estimate of drug-likeness (QED) is 0.390. The fraction of sp³-hybridized carbons (Fsp3) is 0.310. The van der Waals surface area contributed by atoms with Gasteiger partial charge in [-0.05, 0) is 53.1 Å². The van der Waals surface area contributed by atoms with Crippen molar-refractivity contribution in [3.63, 3.8) is 0 Å². The number of sulfonamides is 1. The summed E-state index contributed by atoms with van der Waals surface area (Å²) >= 11 is 0. The minimum Gasteiger partial charge on any atom is -0.493 e. The summed E-state index contributed by atoms with van der Waals surface area (Å²) in [5, 5.41) is 2.79. The van der Waals surface area contributed by atoms with E-state index in [1.54, 1.807) is 42.5 Å². The van der Waals surface area contributed by atoms with E-state index in [1.807, 2.05) is 0 Å². The summed E-state index contributed by atoms with van der Waals surface area (Å²) in [6.45, 7) is 0.0184. The number of nitrogens with one attached hydrogen (secondary N) is 2. The Bertz CT molecular complexity index is 1640. The summed E-state index contributed by atoms with van der Waals surface area (Å²) in [6.07, 6.45) is 0. The number of methoxy groups -OCH3 is 3. The van der Waals surface area contributed by atoms with Crippen LogP contribution in [0, 0.1) is 11.8 Å². The van der Waals surface area contributed by atoms with Gasteiger partial charge >= 0.3 is 12.0 Å². The summed E-state index contributed by atoms with van der Waals surface area (Å²) in [5.74, 6) is -0.145. The summed E-state index contributed by atoms with van der Waals surface area (Å²) in [6, 6.07) is 12.9. The van der Waals surface area contributed by atoms with E-state index in [0.29, 0.717) is 45.4 Å². The van der Waals surface area contributed by atoms with Crippen molar-refractivity contribution < 1.29 is 46.4 Å². The lowest BCUT2D eigenvalue weighted by atomic mass is 9.65. The summed E-state index contributed by atoms with van der Waals surface area (Å²) in [4.78, 5) is 26.4. The lowest BCUT2D eigenvalue weighted by Gasteiger charge is -2.39. The standard InChI is InChI=1S/C29H28N2O10S/c1-36-22-9-15(10-23(37-2)27(22)38-3)24-17-11-20-21(41-14-40-20)12-18(17)26(19-13-39-28(32)25(19)24)30-29(33)31-42(34,35)16-7-5-4-6-8-16/h4-12,19,24-26H,13-14H2,1-3H3,(H2,30,31,33)/t19-,24+,25-,26+/m0/s1. The highest BCUT2D eigenvalue weighted by Crippen LogP contribution is 2.55. The molecular weight excluding hydrogens is 568 g/mol. The van der Waals surface area contributed by atoms with Crippen LogP contribution in [-0.2, 0) is 19.6 Å². The molecule has 3 aromatic carbocycles. The average Bonchev–Trinajstić information content (AvgIpc) is 3.61. The Morgan fingerprint density at radius 2 is 1.52 bits per heavy atom. The molecule has 2 heterocycles. The van der Waals surface area contributed by atoms with Crippen molar-refractivity contribution >= 4 is 22.0 Å². The van der Waals surface area contributed by atoms with Gasteiger partial charge in [-0.1, -0.05) is 18.2 Å². The van der Waals surface area contributed by atoms with Crippen LogP contribution in [0.3, 0.4) is 0 Å². The van der Waals surface area contributed by atoms with Crippen LogP contribution in [0.15, 0.2) is 59.5 Å². The summed E-state index contributed by atoms with van der Waals surface area (Å²) < 4.78 is 61.3. The number of urea groups is 1. The molecule has 3 aliphatic rings. The number of hydrogen-bond acceptors (Lipinski definition) is 10. The van der Waals surface area contributed by atoms with Gasteiger partial charge in [0.25, 0.3) is 10.0 Å². The van der Waals surface area contributed by atoms with E-state index < -0.39 is 45.8 Å². The molecule has 3 aromatic rings. The first-order valence-electron chi connectivity index (χ1n) is 13.0. The van der Waals surface area contributed by atoms with E-state index in [9.17, 15) is 18.0 Å². The van der Waals surface area contributed by atoms with Gasteiger partial charge in [-0.3, -0.25) is 4.79 Å². The average molecular weight is 597 g/mol. The van der Waals surface area contributed by atoms with Crippen molar-refractivity contribution in [2.75, 3.05) is 34.7 Å². The van der Waals surface area contributed by atoms with E-state index in [4.69, 9.17) is 28.4 Å². The molecule has 2 amide bonds. The van der Waals surface area contributed by atoms with E-state index >= 15 is 0 Å². The number of esters is 1. The molecule has 42 heavy (non-hydrogen) atoms. The fourth-order valence-electron chi connectivity index (χ4n) is 5.98. The highest BCUT2D eigenvalue weighted by Gasteiger charge is 2.53. The predicted octanol–water partition coefficient (Wildman–Crippen LogP) is 3.11. The number of hydrogen-bond donors (Lipinski definition) is 2. The van der Waals surface area contributed by atoms with Gasteiger partial charge in [-0.2, -0.15) is 0 Å². The lowest BCUT2D eigenvalue weighted by Crippen LogP contribution is -2.47. The molecule has 1 aliphatic carbocycles. The second-order valence-corrected chi connectivity index (χ2v) is 11.6. The zero-order valence-corrected chi connectivity index (χ0v) is 23.7. The number of amides is 2. The van der Waals surface area contributed by atoms with Crippen LogP contribution in [0.1, 0.15) is 28.7 Å². The molecule has 0 spiro atoms. The molecule has 0 bridgehead atoms. The van der Waals surface area contributed by atoms with Crippen molar-refractivity contribution in [1.82, 2.24) is 10.0 Å². The second-order valence-electron chi connectivity index (χ2n) is 9.96. The molecule has 2 N–H and O–H groups in total. The Morgan fingerprint density at radius 3 is 2.14 bits per heavy atom. The number of fused-ring (bicyclic) bond motifs is 3. The van der Waals surface area contributed by atoms with Gasteiger partial charge in [0, 0.05) is 11.8 Å². The Balaban J connectivity index is 1.45. The van der Waals surface area contributed by atoms with Crippen molar-refractivity contribution in [2.45, 2.75) is 16.9 Å². The van der Waals surface area contributed by atoms with E-state index in [2.05, 4.69) is 10.0 Å². The van der Waals surface area contributed by atoms with Crippen molar-refractivity contribution in [3.8, 4) is 28.7 Å². The molecule has 4 atom stereocenters. The first-order valence-corrected chi connectivity index (χ1v) is 14.5. The van der Waals surface area contributed by atoms with Crippen LogP contribution >= 0.6 is 0 Å². The SMILES string of the molecule is COc1cc([C@@H]2c3cc4c(cc3[C@@H](NC(=O)NS(=O)(=O)c3ccccc3)[C@H]3COC(=O)[C@H]23)OCO4)cc(OC)c1OC. The molecule has 220 valence electrons. The molecule has 0 aromatic heterocycles. The second kappa shape index (κ2) is 10.6. The zero-order chi connectivity index (χ0) is 29.6. The van der Waals surface area contributed by atoms with Gasteiger partial charge in [0.2, 0.25) is 12.5 Å². The third-order valence-electron chi connectivity index (χ3n) is 7.80. The van der Waals surface area contributed by atoms with E-state index in [-0.39, 0.29) is 18.3 Å². The van der Waals surface area contributed by atoms with Crippen molar-refractivity contribution in [1.29, 1.82) is 0 Å². The fourth-order valence-corrected chi connectivity index (χ4v) is 6.92. The van der Waals surface area contributed by atoms with Crippen LogP contribution in [-0.4, -0.2) is 55.1 Å². The number of cyclic esters (lactones) is 1. The molecule has 0 unspecified atom stereocenters. The van der Waals surface area contributed by atoms with E-state index in [0.717, 1.165) is 0 Å². The van der Waals surface area contributed by atoms with Gasteiger partial charge in [-0.15, -0.1) is 0 Å². The maximum atomic E-state index is 13.3. The van der Waals surface area contributed by atoms with Gasteiger partial charge in [0.1, 0.15) is 0 Å². The Labute approximate surface area is 241 Å².